The second-order valence-corrected chi connectivity index (χ2v) is 7.37. The lowest BCUT2D eigenvalue weighted by atomic mass is 10.1. The topological polar surface area (TPSA) is 42.0 Å². The number of carbonyl (C=O) groups is 1. The molecule has 4 heteroatoms. The van der Waals surface area contributed by atoms with Gasteiger partial charge in [-0.3, -0.25) is 4.79 Å². The molecule has 0 radical (unpaired) electrons. The molecule has 3 nitrogen and oxygen atoms in total. The van der Waals surface area contributed by atoms with Crippen LogP contribution >= 0.6 is 11.3 Å². The standard InChI is InChI=1S/C22H18N2OS.C2H6/c1-14-6-5-7-16(12-14)21(25)23-19-13-17(11-10-15(19)2)22-24-18-8-3-4-9-20(18)26-22;1-2/h3-13H,1-2H3,(H,23,25);1-2H3. The Morgan fingerprint density at radius 2 is 1.71 bits per heavy atom. The van der Waals surface area contributed by atoms with E-state index in [1.807, 2.05) is 82.3 Å². The predicted molar refractivity (Wildman–Crippen MR) is 120 cm³/mol. The smallest absolute Gasteiger partial charge is 0.255 e. The van der Waals surface area contributed by atoms with Crippen molar-refractivity contribution in [2.75, 3.05) is 5.32 Å². The molecule has 0 bridgehead atoms. The van der Waals surface area contributed by atoms with Gasteiger partial charge in [-0.2, -0.15) is 0 Å². The average molecular weight is 389 g/mol. The number of aryl methyl sites for hydroxylation is 2. The minimum Gasteiger partial charge on any atom is -0.322 e. The Morgan fingerprint density at radius 3 is 2.46 bits per heavy atom. The molecule has 142 valence electrons. The van der Waals surface area contributed by atoms with Crippen LogP contribution in [0.4, 0.5) is 5.69 Å². The van der Waals surface area contributed by atoms with Crippen LogP contribution < -0.4 is 5.32 Å². The second kappa shape index (κ2) is 8.81. The Labute approximate surface area is 170 Å². The summed E-state index contributed by atoms with van der Waals surface area (Å²) in [5.41, 5.74) is 5.58. The molecule has 1 heterocycles. The van der Waals surface area contributed by atoms with Crippen LogP contribution in [0.1, 0.15) is 35.3 Å². The number of nitrogens with one attached hydrogen (secondary N) is 1. The number of hydrogen-bond donors (Lipinski definition) is 1. The van der Waals surface area contributed by atoms with Crippen molar-refractivity contribution in [3.05, 3.63) is 83.4 Å². The van der Waals surface area contributed by atoms with E-state index >= 15 is 0 Å². The predicted octanol–water partition coefficient (Wildman–Crippen LogP) is 6.86. The van der Waals surface area contributed by atoms with Crippen LogP contribution in [-0.2, 0) is 0 Å². The van der Waals surface area contributed by atoms with Gasteiger partial charge in [0.25, 0.3) is 5.91 Å². The molecule has 0 aliphatic heterocycles. The third-order valence-corrected chi connectivity index (χ3v) is 5.39. The molecule has 3 aromatic carbocycles. The third-order valence-electron chi connectivity index (χ3n) is 4.31. The maximum atomic E-state index is 12.6. The lowest BCUT2D eigenvalue weighted by molar-refractivity contribution is 0.102. The number of aromatic nitrogens is 1. The first-order valence-corrected chi connectivity index (χ1v) is 10.3. The Hall–Kier alpha value is -2.98. The summed E-state index contributed by atoms with van der Waals surface area (Å²) in [6.45, 7) is 7.98. The number of fused-ring (bicyclic) bond motifs is 1. The summed E-state index contributed by atoms with van der Waals surface area (Å²) in [7, 11) is 0. The first kappa shape index (κ1) is 19.8. The van der Waals surface area contributed by atoms with Crippen LogP contribution in [0.2, 0.25) is 0 Å². The number of thiazole rings is 1. The fourth-order valence-electron chi connectivity index (χ4n) is 2.87. The molecule has 1 amide bonds. The highest BCUT2D eigenvalue weighted by Gasteiger charge is 2.11. The summed E-state index contributed by atoms with van der Waals surface area (Å²) >= 11 is 1.66. The van der Waals surface area contributed by atoms with E-state index in [2.05, 4.69) is 17.4 Å². The zero-order valence-electron chi connectivity index (χ0n) is 16.6. The van der Waals surface area contributed by atoms with E-state index in [0.717, 1.165) is 37.6 Å². The van der Waals surface area contributed by atoms with Gasteiger partial charge < -0.3 is 5.32 Å². The Bertz CT molecular complexity index is 1080. The molecule has 0 saturated heterocycles. The number of hydrogen-bond acceptors (Lipinski definition) is 3. The van der Waals surface area contributed by atoms with E-state index in [1.54, 1.807) is 11.3 Å². The number of para-hydroxylation sites is 1. The number of anilines is 1. The van der Waals surface area contributed by atoms with Crippen molar-refractivity contribution in [3.8, 4) is 10.6 Å². The van der Waals surface area contributed by atoms with Crippen LogP contribution in [0.3, 0.4) is 0 Å². The summed E-state index contributed by atoms with van der Waals surface area (Å²) < 4.78 is 1.16. The number of rotatable bonds is 3. The monoisotopic (exact) mass is 388 g/mol. The Balaban J connectivity index is 0.00000109. The normalized spacial score (nSPS) is 10.3. The maximum absolute atomic E-state index is 12.6. The number of carbonyl (C=O) groups excluding carboxylic acids is 1. The molecule has 1 N–H and O–H groups in total. The number of benzene rings is 3. The van der Waals surface area contributed by atoms with Crippen LogP contribution in [0, 0.1) is 13.8 Å². The zero-order chi connectivity index (χ0) is 20.1. The van der Waals surface area contributed by atoms with Gasteiger partial charge in [-0.1, -0.05) is 55.8 Å². The van der Waals surface area contributed by atoms with Crippen LogP contribution in [0.15, 0.2) is 66.7 Å². The molecule has 0 fully saturated rings. The largest absolute Gasteiger partial charge is 0.322 e. The van der Waals surface area contributed by atoms with Crippen LogP contribution in [-0.4, -0.2) is 10.9 Å². The van der Waals surface area contributed by atoms with Crippen molar-refractivity contribution < 1.29 is 4.79 Å². The fourth-order valence-corrected chi connectivity index (χ4v) is 3.83. The molecule has 0 atom stereocenters. The summed E-state index contributed by atoms with van der Waals surface area (Å²) in [5.74, 6) is -0.0988. The molecule has 0 saturated carbocycles. The quantitative estimate of drug-likeness (QED) is 0.416. The van der Waals surface area contributed by atoms with Gasteiger partial charge in [0.1, 0.15) is 5.01 Å². The number of nitrogens with zero attached hydrogens (tertiary/aromatic N) is 1. The lowest BCUT2D eigenvalue weighted by Crippen LogP contribution is -2.12. The van der Waals surface area contributed by atoms with Crippen molar-refractivity contribution in [2.24, 2.45) is 0 Å². The van der Waals surface area contributed by atoms with Gasteiger partial charge in [0.15, 0.2) is 0 Å². The van der Waals surface area contributed by atoms with Crippen LogP contribution in [0.25, 0.3) is 20.8 Å². The molecule has 0 aliphatic carbocycles. The summed E-state index contributed by atoms with van der Waals surface area (Å²) in [6, 6.07) is 21.8. The van der Waals surface area contributed by atoms with Gasteiger partial charge >= 0.3 is 0 Å². The summed E-state index contributed by atoms with van der Waals surface area (Å²) in [5, 5.41) is 3.99. The van der Waals surface area contributed by atoms with Gasteiger partial charge in [0, 0.05) is 16.8 Å². The van der Waals surface area contributed by atoms with Gasteiger partial charge in [-0.25, -0.2) is 4.98 Å². The van der Waals surface area contributed by atoms with Crippen molar-refractivity contribution in [3.63, 3.8) is 0 Å². The van der Waals surface area contributed by atoms with Crippen molar-refractivity contribution >= 4 is 33.1 Å². The molecule has 0 aliphatic rings. The van der Waals surface area contributed by atoms with E-state index in [-0.39, 0.29) is 5.91 Å². The lowest BCUT2D eigenvalue weighted by Gasteiger charge is -2.10. The molecular formula is C24H24N2OS. The minimum absolute atomic E-state index is 0.0988. The molecule has 28 heavy (non-hydrogen) atoms. The number of amides is 1. The second-order valence-electron chi connectivity index (χ2n) is 6.34. The van der Waals surface area contributed by atoms with Crippen molar-refractivity contribution in [1.82, 2.24) is 4.98 Å². The van der Waals surface area contributed by atoms with Crippen molar-refractivity contribution in [1.29, 1.82) is 0 Å². The fraction of sp³-hybridized carbons (Fsp3) is 0.167. The van der Waals surface area contributed by atoms with E-state index in [9.17, 15) is 4.79 Å². The zero-order valence-corrected chi connectivity index (χ0v) is 17.4. The molecule has 1 aromatic heterocycles. The molecule has 0 unspecified atom stereocenters. The van der Waals surface area contributed by atoms with E-state index in [0.29, 0.717) is 5.56 Å². The Morgan fingerprint density at radius 1 is 0.929 bits per heavy atom. The molecule has 0 spiro atoms. The van der Waals surface area contributed by atoms with Crippen LogP contribution in [0.5, 0.6) is 0 Å². The SMILES string of the molecule is CC.Cc1cccc(C(=O)Nc2cc(-c3nc4ccccc4s3)ccc2C)c1. The summed E-state index contributed by atoms with van der Waals surface area (Å²) in [6.07, 6.45) is 0. The first-order valence-electron chi connectivity index (χ1n) is 9.45. The highest BCUT2D eigenvalue weighted by atomic mass is 32.1. The van der Waals surface area contributed by atoms with Gasteiger partial charge in [-0.15, -0.1) is 11.3 Å². The average Bonchev–Trinajstić information content (AvgIpc) is 3.15. The molecule has 4 aromatic rings. The third kappa shape index (κ3) is 4.29. The van der Waals surface area contributed by atoms with E-state index in [4.69, 9.17) is 4.98 Å². The minimum atomic E-state index is -0.0988. The maximum Gasteiger partial charge on any atom is 0.255 e. The van der Waals surface area contributed by atoms with Gasteiger partial charge in [0.05, 0.1) is 10.2 Å². The van der Waals surface area contributed by atoms with E-state index < -0.39 is 0 Å². The molecular weight excluding hydrogens is 364 g/mol. The van der Waals surface area contributed by atoms with Gasteiger partial charge in [-0.05, 0) is 49.7 Å². The van der Waals surface area contributed by atoms with E-state index in [1.165, 1.54) is 0 Å². The highest BCUT2D eigenvalue weighted by Crippen LogP contribution is 2.32. The first-order chi connectivity index (χ1) is 13.6. The van der Waals surface area contributed by atoms with Crippen molar-refractivity contribution in [2.45, 2.75) is 27.7 Å². The molecule has 4 rings (SSSR count). The summed E-state index contributed by atoms with van der Waals surface area (Å²) in [4.78, 5) is 17.3. The Kier molecular flexibility index (Phi) is 6.22. The highest BCUT2D eigenvalue weighted by molar-refractivity contribution is 7.21. The van der Waals surface area contributed by atoms with Gasteiger partial charge in [0.2, 0.25) is 0 Å².